The molecule has 3 N–H and O–H groups in total. The van der Waals surface area contributed by atoms with Crippen LogP contribution in [0.2, 0.25) is 0 Å². The minimum absolute atomic E-state index is 0. The van der Waals surface area contributed by atoms with E-state index in [1.165, 1.54) is 0 Å². The molecule has 0 saturated carbocycles. The van der Waals surface area contributed by atoms with Crippen LogP contribution in [0.5, 0.6) is 0 Å². The minimum atomic E-state index is 0. The van der Waals surface area contributed by atoms with Gasteiger partial charge in [0.2, 0.25) is 0 Å². The second-order valence-corrected chi connectivity index (χ2v) is 5.00. The van der Waals surface area contributed by atoms with E-state index in [2.05, 4.69) is 23.7 Å². The second-order valence-electron chi connectivity index (χ2n) is 5.00. The van der Waals surface area contributed by atoms with Gasteiger partial charge in [-0.1, -0.05) is 0 Å². The fourth-order valence-corrected chi connectivity index (χ4v) is 2.37. The summed E-state index contributed by atoms with van der Waals surface area (Å²) in [5.74, 6) is 0.0204. The van der Waals surface area contributed by atoms with Crippen LogP contribution in [0.3, 0.4) is 0 Å². The minimum Gasteiger partial charge on any atom is -0.352 e. The fraction of sp³-hybridized carbons (Fsp3) is 0.643. The van der Waals surface area contributed by atoms with Gasteiger partial charge in [0.25, 0.3) is 5.91 Å². The molecule has 0 aromatic carbocycles. The lowest BCUT2D eigenvalue weighted by atomic mass is 10.2. The highest BCUT2D eigenvalue weighted by Crippen LogP contribution is 2.19. The third kappa shape index (κ3) is 4.55. The predicted molar refractivity (Wildman–Crippen MR) is 82.2 cm³/mol. The van der Waals surface area contributed by atoms with Gasteiger partial charge in [-0.05, 0) is 53.1 Å². The topological polar surface area (TPSA) is 60.1 Å². The number of nitrogens with two attached hydrogens (primary N) is 1. The summed E-state index contributed by atoms with van der Waals surface area (Å²) in [5.41, 5.74) is 8.38. The normalized spacial score (nSPS) is 10.4. The largest absolute Gasteiger partial charge is 0.352 e. The molecule has 1 rings (SSSR count). The second kappa shape index (κ2) is 8.23. The number of rotatable bonds is 6. The van der Waals surface area contributed by atoms with Crippen LogP contribution in [0, 0.1) is 13.8 Å². The Morgan fingerprint density at radius 3 is 2.47 bits per heavy atom. The number of hydrogen-bond donors (Lipinski definition) is 2. The Labute approximate surface area is 122 Å². The fourth-order valence-electron chi connectivity index (χ4n) is 2.37. The zero-order valence-electron chi connectivity index (χ0n) is 12.3. The molecule has 110 valence electrons. The number of aryl methyl sites for hydroxylation is 1. The van der Waals surface area contributed by atoms with Crippen LogP contribution in [-0.2, 0) is 0 Å². The molecule has 0 aliphatic rings. The standard InChI is InChI=1S/C14H25N3O.ClH/c1-10(2)17-11(3)9-13(12(17)4)14(18)16-8-6-5-7-15;/h9-10H,5-8,15H2,1-4H3,(H,16,18);1H. The quantitative estimate of drug-likeness (QED) is 0.790. The van der Waals surface area contributed by atoms with Crippen LogP contribution in [0.4, 0.5) is 0 Å². The summed E-state index contributed by atoms with van der Waals surface area (Å²) < 4.78 is 2.19. The van der Waals surface area contributed by atoms with E-state index >= 15 is 0 Å². The highest BCUT2D eigenvalue weighted by molar-refractivity contribution is 5.95. The van der Waals surface area contributed by atoms with Crippen molar-refractivity contribution in [2.24, 2.45) is 5.73 Å². The van der Waals surface area contributed by atoms with Crippen LogP contribution in [0.25, 0.3) is 0 Å². The van der Waals surface area contributed by atoms with E-state index in [1.807, 2.05) is 19.9 Å². The lowest BCUT2D eigenvalue weighted by molar-refractivity contribution is 0.0952. The molecule has 0 unspecified atom stereocenters. The number of carbonyl (C=O) groups is 1. The Kier molecular flexibility index (Phi) is 7.79. The van der Waals surface area contributed by atoms with E-state index in [4.69, 9.17) is 5.73 Å². The van der Waals surface area contributed by atoms with E-state index in [0.29, 0.717) is 19.1 Å². The molecule has 0 spiro atoms. The molecule has 0 aliphatic heterocycles. The first-order valence-corrected chi connectivity index (χ1v) is 6.65. The Balaban J connectivity index is 0.00000324. The number of unbranched alkanes of at least 4 members (excludes halogenated alkanes) is 1. The van der Waals surface area contributed by atoms with E-state index in [1.54, 1.807) is 0 Å². The van der Waals surface area contributed by atoms with Gasteiger partial charge in [-0.2, -0.15) is 0 Å². The van der Waals surface area contributed by atoms with Crippen molar-refractivity contribution in [3.63, 3.8) is 0 Å². The van der Waals surface area contributed by atoms with Crippen molar-refractivity contribution in [2.45, 2.75) is 46.6 Å². The van der Waals surface area contributed by atoms with Gasteiger partial charge in [-0.3, -0.25) is 4.79 Å². The first-order chi connectivity index (χ1) is 8.49. The molecule has 0 atom stereocenters. The van der Waals surface area contributed by atoms with E-state index < -0.39 is 0 Å². The summed E-state index contributed by atoms with van der Waals surface area (Å²) in [5, 5.41) is 2.95. The maximum Gasteiger partial charge on any atom is 0.253 e. The molecule has 0 fully saturated rings. The molecule has 0 saturated heterocycles. The van der Waals surface area contributed by atoms with Crippen molar-refractivity contribution in [1.82, 2.24) is 9.88 Å². The lowest BCUT2D eigenvalue weighted by Gasteiger charge is -2.13. The Morgan fingerprint density at radius 2 is 2.00 bits per heavy atom. The van der Waals surface area contributed by atoms with Crippen molar-refractivity contribution in [3.8, 4) is 0 Å². The molecule has 5 heteroatoms. The van der Waals surface area contributed by atoms with E-state index in [0.717, 1.165) is 29.8 Å². The average Bonchev–Trinajstić information content (AvgIpc) is 2.60. The summed E-state index contributed by atoms with van der Waals surface area (Å²) in [7, 11) is 0. The van der Waals surface area contributed by atoms with Crippen LogP contribution in [0.15, 0.2) is 6.07 Å². The zero-order valence-corrected chi connectivity index (χ0v) is 13.1. The molecule has 0 aliphatic carbocycles. The van der Waals surface area contributed by atoms with Gasteiger partial charge in [0, 0.05) is 24.0 Å². The van der Waals surface area contributed by atoms with Gasteiger partial charge in [-0.25, -0.2) is 0 Å². The third-order valence-corrected chi connectivity index (χ3v) is 3.16. The summed E-state index contributed by atoms with van der Waals surface area (Å²) in [6.07, 6.45) is 1.89. The summed E-state index contributed by atoms with van der Waals surface area (Å²) in [4.78, 5) is 12.1. The molecule has 4 nitrogen and oxygen atoms in total. The van der Waals surface area contributed by atoms with Gasteiger partial charge in [0.05, 0.1) is 5.56 Å². The van der Waals surface area contributed by atoms with Crippen LogP contribution >= 0.6 is 12.4 Å². The lowest BCUT2D eigenvalue weighted by Crippen LogP contribution is -2.25. The van der Waals surface area contributed by atoms with Gasteiger partial charge < -0.3 is 15.6 Å². The number of nitrogens with one attached hydrogen (secondary N) is 1. The summed E-state index contributed by atoms with van der Waals surface area (Å²) in [6, 6.07) is 2.34. The number of halogens is 1. The van der Waals surface area contributed by atoms with Crippen molar-refractivity contribution in [3.05, 3.63) is 23.0 Å². The van der Waals surface area contributed by atoms with Crippen LogP contribution < -0.4 is 11.1 Å². The van der Waals surface area contributed by atoms with Crippen molar-refractivity contribution < 1.29 is 4.79 Å². The van der Waals surface area contributed by atoms with Crippen LogP contribution in [-0.4, -0.2) is 23.6 Å². The molecule has 1 amide bonds. The molecule has 0 radical (unpaired) electrons. The van der Waals surface area contributed by atoms with Gasteiger partial charge >= 0.3 is 0 Å². The van der Waals surface area contributed by atoms with Gasteiger partial charge in [0.15, 0.2) is 0 Å². The molecular formula is C14H26ClN3O. The molecule has 0 bridgehead atoms. The highest BCUT2D eigenvalue weighted by atomic mass is 35.5. The molecule has 1 aromatic rings. The Morgan fingerprint density at radius 1 is 1.37 bits per heavy atom. The number of carbonyl (C=O) groups excluding carboxylic acids is 1. The first kappa shape index (κ1) is 18.0. The summed E-state index contributed by atoms with van der Waals surface area (Å²) >= 11 is 0. The van der Waals surface area contributed by atoms with Crippen molar-refractivity contribution >= 4 is 18.3 Å². The molecule has 1 aromatic heterocycles. The van der Waals surface area contributed by atoms with Gasteiger partial charge in [-0.15, -0.1) is 12.4 Å². The Bertz CT molecular complexity index is 413. The number of aromatic nitrogens is 1. The molecule has 1 heterocycles. The zero-order chi connectivity index (χ0) is 13.7. The number of nitrogens with zero attached hydrogens (tertiary/aromatic N) is 1. The SMILES string of the molecule is Cc1cc(C(=O)NCCCCN)c(C)n1C(C)C.Cl. The molecular weight excluding hydrogens is 262 g/mol. The number of amides is 1. The highest BCUT2D eigenvalue weighted by Gasteiger charge is 2.16. The smallest absolute Gasteiger partial charge is 0.253 e. The third-order valence-electron chi connectivity index (χ3n) is 3.16. The Hall–Kier alpha value is -1.000. The van der Waals surface area contributed by atoms with E-state index in [9.17, 15) is 4.79 Å². The summed E-state index contributed by atoms with van der Waals surface area (Å²) in [6.45, 7) is 9.67. The monoisotopic (exact) mass is 287 g/mol. The van der Waals surface area contributed by atoms with Gasteiger partial charge in [0.1, 0.15) is 0 Å². The van der Waals surface area contributed by atoms with Crippen molar-refractivity contribution in [2.75, 3.05) is 13.1 Å². The van der Waals surface area contributed by atoms with Crippen molar-refractivity contribution in [1.29, 1.82) is 0 Å². The number of hydrogen-bond acceptors (Lipinski definition) is 2. The predicted octanol–water partition coefficient (Wildman–Crippen LogP) is 2.58. The first-order valence-electron chi connectivity index (χ1n) is 6.65. The van der Waals surface area contributed by atoms with E-state index in [-0.39, 0.29) is 18.3 Å². The maximum atomic E-state index is 12.1. The van der Waals surface area contributed by atoms with Crippen LogP contribution in [0.1, 0.15) is 54.5 Å². The average molecular weight is 288 g/mol. The molecule has 19 heavy (non-hydrogen) atoms. The maximum absolute atomic E-state index is 12.1.